The van der Waals surface area contributed by atoms with Crippen molar-refractivity contribution < 1.29 is 19.0 Å². The number of terminal acetylenes is 1. The number of ether oxygens (including phenoxy) is 3. The van der Waals surface area contributed by atoms with Crippen molar-refractivity contribution in [2.24, 2.45) is 0 Å². The molecule has 0 aliphatic heterocycles. The second-order valence-corrected chi connectivity index (χ2v) is 6.13. The molecule has 0 aromatic carbocycles. The van der Waals surface area contributed by atoms with Crippen molar-refractivity contribution in [3.63, 3.8) is 0 Å². The second-order valence-electron chi connectivity index (χ2n) is 6.13. The van der Waals surface area contributed by atoms with E-state index < -0.39 is 5.60 Å². The first kappa shape index (κ1) is 19.9. The third kappa shape index (κ3) is 11.3. The summed E-state index contributed by atoms with van der Waals surface area (Å²) in [6.45, 7) is 9.40. The van der Waals surface area contributed by atoms with E-state index in [0.29, 0.717) is 19.6 Å². The molecule has 5 nitrogen and oxygen atoms in total. The van der Waals surface area contributed by atoms with Crippen LogP contribution in [0, 0.1) is 12.3 Å². The van der Waals surface area contributed by atoms with E-state index in [2.05, 4.69) is 11.2 Å². The van der Waals surface area contributed by atoms with Crippen LogP contribution in [0.4, 0.5) is 0 Å². The molecule has 0 saturated heterocycles. The SMILES string of the molecule is C#CCNC(=O)COC(C)(C)CCOC(C)(C)CCOC. The van der Waals surface area contributed by atoms with Crippen LogP contribution in [0.5, 0.6) is 0 Å². The van der Waals surface area contributed by atoms with Crippen molar-refractivity contribution in [1.82, 2.24) is 5.32 Å². The zero-order chi connectivity index (χ0) is 16.4. The van der Waals surface area contributed by atoms with Gasteiger partial charge in [-0.1, -0.05) is 5.92 Å². The molecule has 0 aliphatic carbocycles. The van der Waals surface area contributed by atoms with Crippen molar-refractivity contribution in [2.45, 2.75) is 51.7 Å². The first-order chi connectivity index (χ1) is 9.72. The van der Waals surface area contributed by atoms with Crippen LogP contribution < -0.4 is 5.32 Å². The molecule has 0 bridgehead atoms. The van der Waals surface area contributed by atoms with Crippen molar-refractivity contribution in [3.05, 3.63) is 0 Å². The van der Waals surface area contributed by atoms with Crippen molar-refractivity contribution in [2.75, 3.05) is 33.5 Å². The van der Waals surface area contributed by atoms with Crippen LogP contribution in [0.2, 0.25) is 0 Å². The summed E-state index contributed by atoms with van der Waals surface area (Å²) in [6, 6.07) is 0. The van der Waals surface area contributed by atoms with Gasteiger partial charge in [0.25, 0.3) is 0 Å². The monoisotopic (exact) mass is 299 g/mol. The van der Waals surface area contributed by atoms with Crippen molar-refractivity contribution >= 4 is 5.91 Å². The van der Waals surface area contributed by atoms with Gasteiger partial charge in [0.1, 0.15) is 6.61 Å². The minimum atomic E-state index is -0.426. The van der Waals surface area contributed by atoms with Gasteiger partial charge >= 0.3 is 0 Å². The molecule has 5 heteroatoms. The van der Waals surface area contributed by atoms with Crippen LogP contribution in [0.3, 0.4) is 0 Å². The number of methoxy groups -OCH3 is 1. The molecule has 0 aromatic heterocycles. The standard InChI is InChI=1S/C16H29NO4/c1-7-10-17-14(18)13-21-16(4,5)9-12-20-15(2,3)8-11-19-6/h1H,8-13H2,2-6H3,(H,17,18). The van der Waals surface area contributed by atoms with Gasteiger partial charge in [0.15, 0.2) is 0 Å². The number of carbonyl (C=O) groups is 1. The Morgan fingerprint density at radius 3 is 2.24 bits per heavy atom. The van der Waals surface area contributed by atoms with E-state index in [1.165, 1.54) is 0 Å². The summed E-state index contributed by atoms with van der Waals surface area (Å²) < 4.78 is 16.5. The lowest BCUT2D eigenvalue weighted by Crippen LogP contribution is -2.35. The zero-order valence-electron chi connectivity index (χ0n) is 14.0. The summed E-state index contributed by atoms with van der Waals surface area (Å²) in [6.07, 6.45) is 6.60. The van der Waals surface area contributed by atoms with Crippen LogP contribution >= 0.6 is 0 Å². The van der Waals surface area contributed by atoms with Crippen LogP contribution in [0.1, 0.15) is 40.5 Å². The summed E-state index contributed by atoms with van der Waals surface area (Å²) in [7, 11) is 1.68. The fraction of sp³-hybridized carbons (Fsp3) is 0.812. The largest absolute Gasteiger partial charge is 0.385 e. The molecule has 0 aliphatic rings. The molecule has 1 N–H and O–H groups in total. The number of rotatable bonds is 11. The number of amides is 1. The predicted molar refractivity (Wildman–Crippen MR) is 83.0 cm³/mol. The third-order valence-electron chi connectivity index (χ3n) is 3.09. The van der Waals surface area contributed by atoms with E-state index in [4.69, 9.17) is 20.6 Å². The molecule has 21 heavy (non-hydrogen) atoms. The van der Waals surface area contributed by atoms with Crippen LogP contribution in [-0.2, 0) is 19.0 Å². The average molecular weight is 299 g/mol. The highest BCUT2D eigenvalue weighted by Gasteiger charge is 2.23. The fourth-order valence-corrected chi connectivity index (χ4v) is 1.53. The van der Waals surface area contributed by atoms with Gasteiger partial charge in [-0.2, -0.15) is 0 Å². The lowest BCUT2D eigenvalue weighted by Gasteiger charge is -2.29. The molecule has 0 unspecified atom stereocenters. The van der Waals surface area contributed by atoms with Crippen LogP contribution in [0.25, 0.3) is 0 Å². The van der Waals surface area contributed by atoms with Crippen molar-refractivity contribution in [3.8, 4) is 12.3 Å². The van der Waals surface area contributed by atoms with Crippen molar-refractivity contribution in [1.29, 1.82) is 0 Å². The molecule has 0 aromatic rings. The second kappa shape index (κ2) is 9.78. The molecular formula is C16H29NO4. The normalized spacial score (nSPS) is 12.0. The fourth-order valence-electron chi connectivity index (χ4n) is 1.53. The summed E-state index contributed by atoms with van der Waals surface area (Å²) in [5.74, 6) is 2.14. The van der Waals surface area contributed by atoms with Crippen LogP contribution in [0.15, 0.2) is 0 Å². The van der Waals surface area contributed by atoms with Gasteiger partial charge in [0, 0.05) is 13.7 Å². The molecule has 1 amide bonds. The molecule has 0 heterocycles. The van der Waals surface area contributed by atoms with Gasteiger partial charge in [-0.15, -0.1) is 6.42 Å². The number of carbonyl (C=O) groups excluding carboxylic acids is 1. The van der Waals surface area contributed by atoms with Gasteiger partial charge in [0.05, 0.1) is 24.4 Å². The minimum Gasteiger partial charge on any atom is -0.385 e. The molecule has 122 valence electrons. The highest BCUT2D eigenvalue weighted by atomic mass is 16.5. The maximum Gasteiger partial charge on any atom is 0.246 e. The summed E-state index contributed by atoms with van der Waals surface area (Å²) in [4.78, 5) is 11.4. The summed E-state index contributed by atoms with van der Waals surface area (Å²) >= 11 is 0. The average Bonchev–Trinajstić information content (AvgIpc) is 2.40. The topological polar surface area (TPSA) is 56.8 Å². The van der Waals surface area contributed by atoms with E-state index >= 15 is 0 Å². The Morgan fingerprint density at radius 2 is 1.67 bits per heavy atom. The molecule has 0 saturated carbocycles. The summed E-state index contributed by atoms with van der Waals surface area (Å²) in [5.41, 5.74) is -0.652. The molecular weight excluding hydrogens is 270 g/mol. The minimum absolute atomic E-state index is 0.00173. The van der Waals surface area contributed by atoms with E-state index in [-0.39, 0.29) is 24.7 Å². The Hall–Kier alpha value is -1.09. The quantitative estimate of drug-likeness (QED) is 0.591. The number of hydrogen-bond donors (Lipinski definition) is 1. The van der Waals surface area contributed by atoms with E-state index in [1.807, 2.05) is 27.7 Å². The third-order valence-corrected chi connectivity index (χ3v) is 3.09. The van der Waals surface area contributed by atoms with Gasteiger partial charge in [-0.25, -0.2) is 0 Å². The van der Waals surface area contributed by atoms with Gasteiger partial charge in [-0.3, -0.25) is 4.79 Å². The maximum absolute atomic E-state index is 11.4. The Kier molecular flexibility index (Phi) is 9.27. The molecule has 0 radical (unpaired) electrons. The number of hydrogen-bond acceptors (Lipinski definition) is 4. The predicted octanol–water partition coefficient (Wildman–Crippen LogP) is 1.75. The van der Waals surface area contributed by atoms with Gasteiger partial charge < -0.3 is 19.5 Å². The highest BCUT2D eigenvalue weighted by Crippen LogP contribution is 2.19. The maximum atomic E-state index is 11.4. The smallest absolute Gasteiger partial charge is 0.246 e. The Bertz CT molecular complexity index is 345. The molecule has 0 rings (SSSR count). The van der Waals surface area contributed by atoms with E-state index in [1.54, 1.807) is 7.11 Å². The van der Waals surface area contributed by atoms with E-state index in [0.717, 1.165) is 6.42 Å². The number of nitrogens with one attached hydrogen (secondary N) is 1. The van der Waals surface area contributed by atoms with Crippen LogP contribution in [-0.4, -0.2) is 50.6 Å². The summed E-state index contributed by atoms with van der Waals surface area (Å²) in [5, 5.41) is 2.56. The first-order valence-electron chi connectivity index (χ1n) is 7.19. The van der Waals surface area contributed by atoms with E-state index in [9.17, 15) is 4.79 Å². The Labute approximate surface area is 128 Å². The van der Waals surface area contributed by atoms with Gasteiger partial charge in [0.2, 0.25) is 5.91 Å². The first-order valence-corrected chi connectivity index (χ1v) is 7.19. The highest BCUT2D eigenvalue weighted by molar-refractivity contribution is 5.77. The lowest BCUT2D eigenvalue weighted by atomic mass is 10.0. The molecule has 0 fully saturated rings. The Balaban J connectivity index is 3.96. The molecule has 0 atom stereocenters. The van der Waals surface area contributed by atoms with Gasteiger partial charge in [-0.05, 0) is 40.5 Å². The Morgan fingerprint density at radius 1 is 1.10 bits per heavy atom. The zero-order valence-corrected chi connectivity index (χ0v) is 14.0. The lowest BCUT2D eigenvalue weighted by molar-refractivity contribution is -0.133. The molecule has 0 spiro atoms.